The van der Waals surface area contributed by atoms with Crippen molar-refractivity contribution in [1.29, 1.82) is 5.26 Å². The Hall–Kier alpha value is -3.53. The summed E-state index contributed by atoms with van der Waals surface area (Å²) in [5.41, 5.74) is 4.67. The number of aromatic nitrogens is 4. The summed E-state index contributed by atoms with van der Waals surface area (Å²) >= 11 is 0. The summed E-state index contributed by atoms with van der Waals surface area (Å²) < 4.78 is 28.8. The summed E-state index contributed by atoms with van der Waals surface area (Å²) in [6.45, 7) is 4.72. The van der Waals surface area contributed by atoms with Crippen molar-refractivity contribution in [2.45, 2.75) is 39.7 Å². The van der Waals surface area contributed by atoms with E-state index >= 15 is 0 Å². The molecule has 3 heterocycles. The van der Waals surface area contributed by atoms with Crippen molar-refractivity contribution in [3.63, 3.8) is 0 Å². The van der Waals surface area contributed by atoms with Crippen LogP contribution < -0.4 is 0 Å². The van der Waals surface area contributed by atoms with Crippen LogP contribution in [0.5, 0.6) is 0 Å². The summed E-state index contributed by atoms with van der Waals surface area (Å²) in [4.78, 5) is 12.0. The van der Waals surface area contributed by atoms with Gasteiger partial charge in [-0.1, -0.05) is 31.2 Å². The monoisotopic (exact) mass is 405 g/mol. The number of pyridine rings is 1. The molecule has 4 rings (SSSR count). The molecule has 0 aliphatic heterocycles. The van der Waals surface area contributed by atoms with Gasteiger partial charge in [-0.2, -0.15) is 5.26 Å². The third-order valence-electron chi connectivity index (χ3n) is 5.23. The number of nitrogens with one attached hydrogen (secondary N) is 1. The number of rotatable bonds is 6. The first kappa shape index (κ1) is 19.8. The van der Waals surface area contributed by atoms with E-state index in [9.17, 15) is 14.0 Å². The Morgan fingerprint density at radius 1 is 1.20 bits per heavy atom. The predicted octanol–water partition coefficient (Wildman–Crippen LogP) is 5.54. The maximum atomic E-state index is 13.3. The SMILES string of the molecule is CCCc1nc2c(C)ccnc2n1Cc1ccc(-c2c(C(F)F)c[nH]c2C#N)cc1. The molecule has 7 heteroatoms. The number of halogens is 2. The van der Waals surface area contributed by atoms with Crippen LogP contribution in [-0.4, -0.2) is 19.5 Å². The minimum absolute atomic E-state index is 0.142. The highest BCUT2D eigenvalue weighted by Crippen LogP contribution is 2.34. The molecule has 0 saturated heterocycles. The van der Waals surface area contributed by atoms with Gasteiger partial charge in [0.05, 0.1) is 6.54 Å². The normalized spacial score (nSPS) is 11.3. The summed E-state index contributed by atoms with van der Waals surface area (Å²) in [5.74, 6) is 0.982. The highest BCUT2D eigenvalue weighted by atomic mass is 19.3. The number of hydrogen-bond acceptors (Lipinski definition) is 3. The molecule has 0 bridgehead atoms. The van der Waals surface area contributed by atoms with Gasteiger partial charge in [0.2, 0.25) is 0 Å². The quantitative estimate of drug-likeness (QED) is 0.457. The molecular weight excluding hydrogens is 384 g/mol. The second kappa shape index (κ2) is 8.07. The van der Waals surface area contributed by atoms with Crippen molar-refractivity contribution in [3.05, 3.63) is 70.9 Å². The number of H-pyrrole nitrogens is 1. The van der Waals surface area contributed by atoms with Gasteiger partial charge < -0.3 is 9.55 Å². The smallest absolute Gasteiger partial charge is 0.265 e. The van der Waals surface area contributed by atoms with E-state index in [2.05, 4.69) is 21.5 Å². The molecule has 3 aromatic heterocycles. The van der Waals surface area contributed by atoms with Gasteiger partial charge in [0.15, 0.2) is 5.65 Å². The molecule has 30 heavy (non-hydrogen) atoms. The zero-order valence-corrected chi connectivity index (χ0v) is 16.8. The fourth-order valence-electron chi connectivity index (χ4n) is 3.73. The predicted molar refractivity (Wildman–Crippen MR) is 111 cm³/mol. The van der Waals surface area contributed by atoms with Gasteiger partial charge in [-0.25, -0.2) is 18.7 Å². The zero-order valence-electron chi connectivity index (χ0n) is 16.8. The van der Waals surface area contributed by atoms with Crippen LogP contribution in [0.15, 0.2) is 42.7 Å². The van der Waals surface area contributed by atoms with E-state index in [4.69, 9.17) is 4.98 Å². The standard InChI is InChI=1S/C23H21F2N5/c1-3-4-19-29-21-14(2)9-10-27-23(21)30(19)13-15-5-7-16(8-6-15)20-17(22(24)25)12-28-18(20)11-26/h5-10,12,22,28H,3-4,13H2,1-2H3. The minimum Gasteiger partial charge on any atom is -0.352 e. The second-order valence-electron chi connectivity index (χ2n) is 7.27. The third kappa shape index (κ3) is 3.45. The Labute approximate surface area is 173 Å². The van der Waals surface area contributed by atoms with Crippen LogP contribution in [0.4, 0.5) is 8.78 Å². The number of aromatic amines is 1. The zero-order chi connectivity index (χ0) is 21.3. The first-order valence-electron chi connectivity index (χ1n) is 9.83. The molecule has 5 nitrogen and oxygen atoms in total. The van der Waals surface area contributed by atoms with Crippen LogP contribution in [0.25, 0.3) is 22.3 Å². The molecular formula is C23H21F2N5. The van der Waals surface area contributed by atoms with E-state index in [1.54, 1.807) is 18.3 Å². The lowest BCUT2D eigenvalue weighted by atomic mass is 10.0. The number of imidazole rings is 1. The highest BCUT2D eigenvalue weighted by molar-refractivity contribution is 5.76. The van der Waals surface area contributed by atoms with Crippen LogP contribution in [0.2, 0.25) is 0 Å². The average Bonchev–Trinajstić information content (AvgIpc) is 3.32. The first-order valence-corrected chi connectivity index (χ1v) is 9.83. The fraction of sp³-hybridized carbons (Fsp3) is 0.261. The Morgan fingerprint density at radius 2 is 1.97 bits per heavy atom. The molecule has 0 atom stereocenters. The minimum atomic E-state index is -2.65. The summed E-state index contributed by atoms with van der Waals surface area (Å²) in [6, 6.07) is 11.3. The maximum absolute atomic E-state index is 13.3. The molecule has 0 amide bonds. The van der Waals surface area contributed by atoms with Crippen LogP contribution >= 0.6 is 0 Å². The van der Waals surface area contributed by atoms with Gasteiger partial charge in [0.25, 0.3) is 6.43 Å². The summed E-state index contributed by atoms with van der Waals surface area (Å²) in [6.07, 6.45) is 2.16. The van der Waals surface area contributed by atoms with Crippen LogP contribution in [0.1, 0.15) is 48.0 Å². The lowest BCUT2D eigenvalue weighted by Gasteiger charge is -2.10. The Bertz CT molecular complexity index is 1230. The average molecular weight is 405 g/mol. The molecule has 0 unspecified atom stereocenters. The number of fused-ring (bicyclic) bond motifs is 1. The molecule has 0 saturated carbocycles. The van der Waals surface area contributed by atoms with E-state index < -0.39 is 6.43 Å². The van der Waals surface area contributed by atoms with E-state index in [0.29, 0.717) is 12.1 Å². The summed E-state index contributed by atoms with van der Waals surface area (Å²) in [7, 11) is 0. The molecule has 0 fully saturated rings. The van der Waals surface area contributed by atoms with Crippen molar-refractivity contribution < 1.29 is 8.78 Å². The molecule has 0 aliphatic carbocycles. The molecule has 1 N–H and O–H groups in total. The fourth-order valence-corrected chi connectivity index (χ4v) is 3.73. The Kier molecular flexibility index (Phi) is 5.32. The lowest BCUT2D eigenvalue weighted by molar-refractivity contribution is 0.152. The molecule has 152 valence electrons. The molecule has 4 aromatic rings. The lowest BCUT2D eigenvalue weighted by Crippen LogP contribution is -2.06. The maximum Gasteiger partial charge on any atom is 0.265 e. The molecule has 1 aromatic carbocycles. The number of benzene rings is 1. The van der Waals surface area contributed by atoms with Gasteiger partial charge in [-0.05, 0) is 36.1 Å². The van der Waals surface area contributed by atoms with E-state index in [1.807, 2.05) is 31.2 Å². The number of nitriles is 1. The van der Waals surface area contributed by atoms with Gasteiger partial charge in [0, 0.05) is 29.9 Å². The highest BCUT2D eigenvalue weighted by Gasteiger charge is 2.20. The number of aryl methyl sites for hydroxylation is 2. The van der Waals surface area contributed by atoms with Crippen molar-refractivity contribution in [1.82, 2.24) is 19.5 Å². The largest absolute Gasteiger partial charge is 0.352 e. The Balaban J connectivity index is 1.71. The van der Waals surface area contributed by atoms with Crippen LogP contribution in [-0.2, 0) is 13.0 Å². The van der Waals surface area contributed by atoms with Gasteiger partial charge in [0.1, 0.15) is 23.1 Å². The van der Waals surface area contributed by atoms with Gasteiger partial charge in [-0.3, -0.25) is 0 Å². The van der Waals surface area contributed by atoms with E-state index in [0.717, 1.165) is 41.0 Å². The van der Waals surface area contributed by atoms with Crippen molar-refractivity contribution in [2.75, 3.05) is 0 Å². The van der Waals surface area contributed by atoms with Crippen molar-refractivity contribution in [2.24, 2.45) is 0 Å². The van der Waals surface area contributed by atoms with Gasteiger partial charge in [-0.15, -0.1) is 0 Å². The summed E-state index contributed by atoms with van der Waals surface area (Å²) in [5, 5.41) is 9.26. The second-order valence-corrected chi connectivity index (χ2v) is 7.27. The van der Waals surface area contributed by atoms with E-state index in [-0.39, 0.29) is 16.8 Å². The van der Waals surface area contributed by atoms with E-state index in [1.165, 1.54) is 6.20 Å². The third-order valence-corrected chi connectivity index (χ3v) is 5.23. The molecule has 0 spiro atoms. The Morgan fingerprint density at radius 3 is 2.63 bits per heavy atom. The first-order chi connectivity index (χ1) is 14.5. The molecule has 0 aliphatic rings. The topological polar surface area (TPSA) is 70.3 Å². The molecule has 0 radical (unpaired) electrons. The van der Waals surface area contributed by atoms with Crippen molar-refractivity contribution in [3.8, 4) is 17.2 Å². The van der Waals surface area contributed by atoms with Gasteiger partial charge >= 0.3 is 0 Å². The van der Waals surface area contributed by atoms with Crippen LogP contribution in [0, 0.1) is 18.3 Å². The number of hydrogen-bond donors (Lipinski definition) is 1. The number of nitrogens with zero attached hydrogens (tertiary/aromatic N) is 4. The number of alkyl halides is 2. The van der Waals surface area contributed by atoms with Crippen molar-refractivity contribution >= 4 is 11.2 Å². The van der Waals surface area contributed by atoms with Crippen LogP contribution in [0.3, 0.4) is 0 Å².